The molecule has 0 heterocycles. The van der Waals surface area contributed by atoms with Gasteiger partial charge < -0.3 is 15.2 Å². The lowest BCUT2D eigenvalue weighted by atomic mass is 10.0. The molecule has 2 unspecified atom stereocenters. The molecule has 2 N–H and O–H groups in total. The molecular formula is C14H23NO2. The van der Waals surface area contributed by atoms with Gasteiger partial charge in [0.25, 0.3) is 0 Å². The highest BCUT2D eigenvalue weighted by atomic mass is 16.5. The van der Waals surface area contributed by atoms with Gasteiger partial charge in [-0.2, -0.15) is 0 Å². The molecule has 1 rings (SSSR count). The summed E-state index contributed by atoms with van der Waals surface area (Å²) in [5, 5.41) is 12.7. The number of ether oxygens (including phenoxy) is 1. The van der Waals surface area contributed by atoms with E-state index in [9.17, 15) is 5.11 Å². The zero-order valence-electron chi connectivity index (χ0n) is 10.9. The van der Waals surface area contributed by atoms with E-state index in [4.69, 9.17) is 4.74 Å². The lowest BCUT2D eigenvalue weighted by molar-refractivity contribution is 0.226. The summed E-state index contributed by atoms with van der Waals surface area (Å²) in [5.74, 6) is 0.873. The minimum atomic E-state index is 0.169. The standard InChI is InChI=1S/C14H23NO2/c1-4-12(10-16)15-14(5-2)11-6-8-13(17-3)9-7-11/h6-9,12,14-16H,4-5,10H2,1-3H3. The zero-order chi connectivity index (χ0) is 12.7. The molecule has 1 aromatic rings. The van der Waals surface area contributed by atoms with E-state index in [-0.39, 0.29) is 18.7 Å². The number of hydrogen-bond donors (Lipinski definition) is 2. The summed E-state index contributed by atoms with van der Waals surface area (Å²) in [7, 11) is 1.67. The molecule has 0 amide bonds. The molecule has 96 valence electrons. The highest BCUT2D eigenvalue weighted by Gasteiger charge is 2.13. The first-order valence-corrected chi connectivity index (χ1v) is 6.25. The number of nitrogens with one attached hydrogen (secondary N) is 1. The van der Waals surface area contributed by atoms with E-state index in [0.717, 1.165) is 18.6 Å². The summed E-state index contributed by atoms with van der Waals surface area (Å²) in [6.45, 7) is 4.41. The molecule has 3 heteroatoms. The van der Waals surface area contributed by atoms with Crippen molar-refractivity contribution in [1.29, 1.82) is 0 Å². The van der Waals surface area contributed by atoms with Crippen LogP contribution in [0.1, 0.15) is 38.3 Å². The molecule has 3 nitrogen and oxygen atoms in total. The van der Waals surface area contributed by atoms with Crippen molar-refractivity contribution in [3.05, 3.63) is 29.8 Å². The fraction of sp³-hybridized carbons (Fsp3) is 0.571. The van der Waals surface area contributed by atoms with Crippen molar-refractivity contribution in [1.82, 2.24) is 5.32 Å². The Morgan fingerprint density at radius 2 is 1.82 bits per heavy atom. The summed E-state index contributed by atoms with van der Waals surface area (Å²) < 4.78 is 5.15. The fourth-order valence-corrected chi connectivity index (χ4v) is 1.87. The van der Waals surface area contributed by atoms with Crippen LogP contribution in [0.4, 0.5) is 0 Å². The lowest BCUT2D eigenvalue weighted by Crippen LogP contribution is -2.34. The number of aliphatic hydroxyl groups is 1. The number of rotatable bonds is 7. The van der Waals surface area contributed by atoms with E-state index in [2.05, 4.69) is 31.3 Å². The second-order valence-electron chi connectivity index (χ2n) is 4.19. The minimum absolute atomic E-state index is 0.169. The summed E-state index contributed by atoms with van der Waals surface area (Å²) in [4.78, 5) is 0. The van der Waals surface area contributed by atoms with Gasteiger partial charge in [0.05, 0.1) is 13.7 Å². The summed E-state index contributed by atoms with van der Waals surface area (Å²) in [6, 6.07) is 8.55. The zero-order valence-corrected chi connectivity index (χ0v) is 10.9. The van der Waals surface area contributed by atoms with Crippen molar-refractivity contribution in [3.8, 4) is 5.75 Å². The van der Waals surface area contributed by atoms with Gasteiger partial charge >= 0.3 is 0 Å². The number of hydrogen-bond acceptors (Lipinski definition) is 3. The van der Waals surface area contributed by atoms with Crippen molar-refractivity contribution >= 4 is 0 Å². The van der Waals surface area contributed by atoms with E-state index in [1.807, 2.05) is 12.1 Å². The molecule has 0 aliphatic heterocycles. The number of aliphatic hydroxyl groups excluding tert-OH is 1. The van der Waals surface area contributed by atoms with Crippen molar-refractivity contribution in [2.75, 3.05) is 13.7 Å². The fourth-order valence-electron chi connectivity index (χ4n) is 1.87. The topological polar surface area (TPSA) is 41.5 Å². The normalized spacial score (nSPS) is 14.4. The number of methoxy groups -OCH3 is 1. The van der Waals surface area contributed by atoms with E-state index in [1.165, 1.54) is 5.56 Å². The molecule has 0 radical (unpaired) electrons. The van der Waals surface area contributed by atoms with E-state index < -0.39 is 0 Å². The Morgan fingerprint density at radius 3 is 2.24 bits per heavy atom. The molecule has 0 aliphatic rings. The molecule has 17 heavy (non-hydrogen) atoms. The monoisotopic (exact) mass is 237 g/mol. The van der Waals surface area contributed by atoms with E-state index >= 15 is 0 Å². The van der Waals surface area contributed by atoms with Crippen molar-refractivity contribution in [2.24, 2.45) is 0 Å². The average Bonchev–Trinajstić information content (AvgIpc) is 2.40. The second-order valence-corrected chi connectivity index (χ2v) is 4.19. The van der Waals surface area contributed by atoms with Gasteiger partial charge in [-0.3, -0.25) is 0 Å². The Labute approximate surface area is 104 Å². The van der Waals surface area contributed by atoms with Crippen molar-refractivity contribution in [3.63, 3.8) is 0 Å². The molecule has 0 saturated heterocycles. The smallest absolute Gasteiger partial charge is 0.118 e. The van der Waals surface area contributed by atoms with Crippen LogP contribution in [0.15, 0.2) is 24.3 Å². The third-order valence-electron chi connectivity index (χ3n) is 3.08. The van der Waals surface area contributed by atoms with Crippen LogP contribution >= 0.6 is 0 Å². The van der Waals surface area contributed by atoms with Crippen LogP contribution in [-0.2, 0) is 0 Å². The largest absolute Gasteiger partial charge is 0.497 e. The maximum absolute atomic E-state index is 9.22. The third kappa shape index (κ3) is 4.02. The Hall–Kier alpha value is -1.06. The molecule has 0 aliphatic carbocycles. The van der Waals surface area contributed by atoms with Crippen molar-refractivity contribution < 1.29 is 9.84 Å². The molecule has 0 bridgehead atoms. The maximum Gasteiger partial charge on any atom is 0.118 e. The summed E-state index contributed by atoms with van der Waals surface area (Å²) in [5.41, 5.74) is 1.24. The van der Waals surface area contributed by atoms with Crippen LogP contribution in [0, 0.1) is 0 Å². The van der Waals surface area contributed by atoms with Crippen LogP contribution in [0.2, 0.25) is 0 Å². The minimum Gasteiger partial charge on any atom is -0.497 e. The molecule has 0 spiro atoms. The summed E-state index contributed by atoms with van der Waals surface area (Å²) >= 11 is 0. The van der Waals surface area contributed by atoms with Gasteiger partial charge in [0.1, 0.15) is 5.75 Å². The first-order valence-electron chi connectivity index (χ1n) is 6.25. The molecule has 0 aromatic heterocycles. The van der Waals surface area contributed by atoms with Crippen LogP contribution < -0.4 is 10.1 Å². The van der Waals surface area contributed by atoms with Crippen molar-refractivity contribution in [2.45, 2.75) is 38.8 Å². The Kier molecular flexibility index (Phi) is 6.01. The molecule has 0 fully saturated rings. The molecule has 1 aromatic carbocycles. The van der Waals surface area contributed by atoms with Crippen LogP contribution in [0.3, 0.4) is 0 Å². The van der Waals surface area contributed by atoms with Gasteiger partial charge in [-0.1, -0.05) is 26.0 Å². The van der Waals surface area contributed by atoms with Crippen LogP contribution in [-0.4, -0.2) is 24.9 Å². The Bertz CT molecular complexity index is 307. The lowest BCUT2D eigenvalue weighted by Gasteiger charge is -2.23. The average molecular weight is 237 g/mol. The third-order valence-corrected chi connectivity index (χ3v) is 3.08. The molecule has 0 saturated carbocycles. The van der Waals surface area contributed by atoms with Gasteiger partial charge in [-0.25, -0.2) is 0 Å². The van der Waals surface area contributed by atoms with Gasteiger partial charge in [0.15, 0.2) is 0 Å². The first-order chi connectivity index (χ1) is 8.24. The summed E-state index contributed by atoms with van der Waals surface area (Å²) in [6.07, 6.45) is 1.94. The van der Waals surface area contributed by atoms with Gasteiger partial charge in [0.2, 0.25) is 0 Å². The quantitative estimate of drug-likeness (QED) is 0.765. The van der Waals surface area contributed by atoms with Gasteiger partial charge in [-0.15, -0.1) is 0 Å². The molecule has 2 atom stereocenters. The Morgan fingerprint density at radius 1 is 1.18 bits per heavy atom. The van der Waals surface area contributed by atoms with E-state index in [0.29, 0.717) is 0 Å². The SMILES string of the molecule is CCC(CO)NC(CC)c1ccc(OC)cc1. The van der Waals surface area contributed by atoms with E-state index in [1.54, 1.807) is 7.11 Å². The first kappa shape index (κ1) is 14.0. The highest BCUT2D eigenvalue weighted by molar-refractivity contribution is 5.29. The van der Waals surface area contributed by atoms with Crippen LogP contribution in [0.5, 0.6) is 5.75 Å². The predicted octanol–water partition coefficient (Wildman–Crippen LogP) is 2.51. The van der Waals surface area contributed by atoms with Gasteiger partial charge in [0, 0.05) is 12.1 Å². The maximum atomic E-state index is 9.22. The Balaban J connectivity index is 2.71. The predicted molar refractivity (Wildman–Crippen MR) is 70.3 cm³/mol. The molecular weight excluding hydrogens is 214 g/mol. The number of benzene rings is 1. The van der Waals surface area contributed by atoms with Crippen LogP contribution in [0.25, 0.3) is 0 Å². The van der Waals surface area contributed by atoms with Gasteiger partial charge in [-0.05, 0) is 30.5 Å². The second kappa shape index (κ2) is 7.30. The highest BCUT2D eigenvalue weighted by Crippen LogP contribution is 2.20.